The topological polar surface area (TPSA) is 102 Å². The number of aliphatic hydroxyl groups is 1. The number of methoxy groups -OCH3 is 1. The van der Waals surface area contributed by atoms with Crippen molar-refractivity contribution in [3.05, 3.63) is 41.9 Å². The lowest BCUT2D eigenvalue weighted by Gasteiger charge is -2.37. The monoisotopic (exact) mass is 477 g/mol. The molecular weight excluding hydrogens is 446 g/mol. The van der Waals surface area contributed by atoms with E-state index in [2.05, 4.69) is 17.1 Å². The molecule has 3 saturated heterocycles. The maximum absolute atomic E-state index is 9.78. The summed E-state index contributed by atoms with van der Waals surface area (Å²) in [6.45, 7) is 4.90. The summed E-state index contributed by atoms with van der Waals surface area (Å²) in [4.78, 5) is 17.3. The van der Waals surface area contributed by atoms with E-state index in [1.165, 1.54) is 0 Å². The molecule has 5 heterocycles. The van der Waals surface area contributed by atoms with Crippen molar-refractivity contribution in [3.8, 4) is 17.0 Å². The average Bonchev–Trinajstić information content (AvgIpc) is 3.14. The number of benzene rings is 1. The molecule has 1 aromatic carbocycles. The Kier molecular flexibility index (Phi) is 6.01. The fourth-order valence-electron chi connectivity index (χ4n) is 5.57. The predicted molar refractivity (Wildman–Crippen MR) is 132 cm³/mol. The first-order chi connectivity index (χ1) is 17.2. The zero-order valence-corrected chi connectivity index (χ0v) is 20.1. The molecule has 2 unspecified atom stereocenters. The molecule has 3 aliphatic heterocycles. The van der Waals surface area contributed by atoms with Crippen molar-refractivity contribution in [1.82, 2.24) is 20.3 Å². The smallest absolute Gasteiger partial charge is 0.161 e. The van der Waals surface area contributed by atoms with Crippen molar-refractivity contribution in [2.24, 2.45) is 0 Å². The Hall–Kier alpha value is -2.85. The van der Waals surface area contributed by atoms with E-state index in [1.807, 2.05) is 30.5 Å². The van der Waals surface area contributed by atoms with Gasteiger partial charge in [0, 0.05) is 29.9 Å². The molecule has 2 aromatic heterocycles. The van der Waals surface area contributed by atoms with Gasteiger partial charge in [0.2, 0.25) is 0 Å². The van der Waals surface area contributed by atoms with E-state index >= 15 is 0 Å². The highest BCUT2D eigenvalue weighted by Gasteiger charge is 2.40. The number of hydrogen-bond donors (Lipinski definition) is 2. The first-order valence-electron chi connectivity index (χ1n) is 12.3. The van der Waals surface area contributed by atoms with Crippen LogP contribution in [0.25, 0.3) is 22.2 Å². The number of ether oxygens (including phenoxy) is 3. The zero-order valence-electron chi connectivity index (χ0n) is 20.1. The van der Waals surface area contributed by atoms with E-state index in [9.17, 15) is 5.11 Å². The van der Waals surface area contributed by atoms with Crippen LogP contribution < -0.4 is 15.0 Å². The SMILES string of the molecule is COc1ccc(-c2cc3nc(C4OCCNC4C)nc(N4[C@@H]5CC[C@H]4COC5)c3cn2)cc1CO. The van der Waals surface area contributed by atoms with Gasteiger partial charge >= 0.3 is 0 Å². The normalized spacial score (nSPS) is 26.3. The lowest BCUT2D eigenvalue weighted by molar-refractivity contribution is -0.00540. The number of anilines is 1. The van der Waals surface area contributed by atoms with Crippen LogP contribution in [0.1, 0.15) is 37.3 Å². The van der Waals surface area contributed by atoms with E-state index in [4.69, 9.17) is 29.2 Å². The Labute approximate surface area is 204 Å². The number of hydrogen-bond acceptors (Lipinski definition) is 9. The van der Waals surface area contributed by atoms with Crippen molar-refractivity contribution >= 4 is 16.7 Å². The highest BCUT2D eigenvalue weighted by Crippen LogP contribution is 2.38. The number of rotatable bonds is 5. The van der Waals surface area contributed by atoms with Crippen molar-refractivity contribution in [2.75, 3.05) is 38.4 Å². The summed E-state index contributed by atoms with van der Waals surface area (Å²) in [5.74, 6) is 2.27. The third-order valence-electron chi connectivity index (χ3n) is 7.38. The molecule has 184 valence electrons. The summed E-state index contributed by atoms with van der Waals surface area (Å²) < 4.78 is 17.3. The molecule has 0 radical (unpaired) electrons. The lowest BCUT2D eigenvalue weighted by Crippen LogP contribution is -2.47. The largest absolute Gasteiger partial charge is 0.496 e. The van der Waals surface area contributed by atoms with E-state index in [-0.39, 0.29) is 18.8 Å². The standard InChI is InChI=1S/C26H31N5O4/c1-15-24(35-8-7-27-15)25-29-22-10-21(16-3-6-23(33-2)17(9-16)12-32)28-11-20(22)26(30-25)31-18-4-5-19(31)14-34-13-18/h3,6,9-11,15,18-19,24,27,32H,4-5,7-8,12-14H2,1-2H3/t15?,18-,19+,24?. The fraction of sp³-hybridized carbons (Fsp3) is 0.500. The van der Waals surface area contributed by atoms with Gasteiger partial charge in [-0.05, 0) is 44.0 Å². The van der Waals surface area contributed by atoms with Gasteiger partial charge in [-0.2, -0.15) is 0 Å². The second-order valence-electron chi connectivity index (χ2n) is 9.54. The molecule has 9 heteroatoms. The van der Waals surface area contributed by atoms with Crippen molar-refractivity contribution < 1.29 is 19.3 Å². The molecule has 2 N–H and O–H groups in total. The van der Waals surface area contributed by atoms with E-state index < -0.39 is 0 Å². The van der Waals surface area contributed by atoms with Gasteiger partial charge in [0.05, 0.1) is 62.2 Å². The van der Waals surface area contributed by atoms with Crippen LogP contribution in [-0.2, 0) is 16.1 Å². The van der Waals surface area contributed by atoms with Crippen LogP contribution in [0.3, 0.4) is 0 Å². The summed E-state index contributed by atoms with van der Waals surface area (Å²) in [5.41, 5.74) is 3.24. The van der Waals surface area contributed by atoms with Crippen LogP contribution in [0, 0.1) is 0 Å². The van der Waals surface area contributed by atoms with Gasteiger partial charge in [0.25, 0.3) is 0 Å². The highest BCUT2D eigenvalue weighted by atomic mass is 16.5. The summed E-state index contributed by atoms with van der Waals surface area (Å²) in [7, 11) is 1.60. The van der Waals surface area contributed by atoms with Gasteiger partial charge in [-0.15, -0.1) is 0 Å². The minimum Gasteiger partial charge on any atom is -0.496 e. The fourth-order valence-corrected chi connectivity index (χ4v) is 5.57. The van der Waals surface area contributed by atoms with Gasteiger partial charge < -0.3 is 29.5 Å². The number of morpholine rings is 2. The van der Waals surface area contributed by atoms with E-state index in [0.29, 0.717) is 30.3 Å². The number of pyridine rings is 1. The molecule has 2 bridgehead atoms. The number of fused-ring (bicyclic) bond motifs is 3. The third-order valence-corrected chi connectivity index (χ3v) is 7.38. The Morgan fingerprint density at radius 1 is 1.17 bits per heavy atom. The second kappa shape index (κ2) is 9.31. The zero-order chi connectivity index (χ0) is 23.9. The quantitative estimate of drug-likeness (QED) is 0.574. The molecule has 4 atom stereocenters. The van der Waals surface area contributed by atoms with E-state index in [0.717, 1.165) is 66.1 Å². The number of aliphatic hydroxyl groups excluding tert-OH is 1. The van der Waals surface area contributed by atoms with Gasteiger partial charge in [0.1, 0.15) is 17.7 Å². The van der Waals surface area contributed by atoms with E-state index in [1.54, 1.807) is 7.11 Å². The molecule has 3 fully saturated rings. The molecule has 0 saturated carbocycles. The third kappa shape index (κ3) is 4.02. The van der Waals surface area contributed by atoms with Crippen LogP contribution in [0.4, 0.5) is 5.82 Å². The molecule has 35 heavy (non-hydrogen) atoms. The average molecular weight is 478 g/mol. The van der Waals surface area contributed by atoms with Crippen LogP contribution in [-0.4, -0.2) is 71.7 Å². The minimum absolute atomic E-state index is 0.106. The van der Waals surface area contributed by atoms with Crippen LogP contribution in [0.5, 0.6) is 5.75 Å². The van der Waals surface area contributed by atoms with Crippen molar-refractivity contribution in [2.45, 2.75) is 50.6 Å². The van der Waals surface area contributed by atoms with Crippen LogP contribution in [0.15, 0.2) is 30.5 Å². The highest BCUT2D eigenvalue weighted by molar-refractivity contribution is 5.91. The van der Waals surface area contributed by atoms with Gasteiger partial charge in [-0.25, -0.2) is 9.97 Å². The Balaban J connectivity index is 1.49. The predicted octanol–water partition coefficient (Wildman–Crippen LogP) is 2.61. The molecular formula is C26H31N5O4. The molecule has 0 spiro atoms. The number of aromatic nitrogens is 3. The van der Waals surface area contributed by atoms with Crippen molar-refractivity contribution in [3.63, 3.8) is 0 Å². The lowest BCUT2D eigenvalue weighted by atomic mass is 10.1. The van der Waals surface area contributed by atoms with Gasteiger partial charge in [0.15, 0.2) is 5.82 Å². The first-order valence-corrected chi connectivity index (χ1v) is 12.3. The second-order valence-corrected chi connectivity index (χ2v) is 9.54. The number of nitrogens with zero attached hydrogens (tertiary/aromatic N) is 4. The Morgan fingerprint density at radius 3 is 2.74 bits per heavy atom. The van der Waals surface area contributed by atoms with Gasteiger partial charge in [-0.3, -0.25) is 4.98 Å². The number of nitrogens with one attached hydrogen (secondary N) is 1. The first kappa shape index (κ1) is 22.6. The molecule has 0 aliphatic carbocycles. The molecule has 3 aromatic rings. The molecule has 0 amide bonds. The van der Waals surface area contributed by atoms with Crippen molar-refractivity contribution in [1.29, 1.82) is 0 Å². The summed E-state index contributed by atoms with van der Waals surface area (Å²) in [5, 5.41) is 14.2. The maximum atomic E-state index is 9.78. The molecule has 9 nitrogen and oxygen atoms in total. The Morgan fingerprint density at radius 2 is 2.00 bits per heavy atom. The summed E-state index contributed by atoms with van der Waals surface area (Å²) in [6.07, 6.45) is 3.87. The van der Waals surface area contributed by atoms with Gasteiger partial charge in [-0.1, -0.05) is 0 Å². The summed E-state index contributed by atoms with van der Waals surface area (Å²) in [6, 6.07) is 8.48. The van der Waals surface area contributed by atoms with Crippen LogP contribution >= 0.6 is 0 Å². The minimum atomic E-state index is -0.218. The maximum Gasteiger partial charge on any atom is 0.161 e. The Bertz CT molecular complexity index is 1220. The summed E-state index contributed by atoms with van der Waals surface area (Å²) >= 11 is 0. The molecule has 3 aliphatic rings. The van der Waals surface area contributed by atoms with Crippen LogP contribution in [0.2, 0.25) is 0 Å². The molecule has 6 rings (SSSR count).